The van der Waals surface area contributed by atoms with Gasteiger partial charge in [-0.2, -0.15) is 0 Å². The molecule has 0 bridgehead atoms. The third-order valence-corrected chi connectivity index (χ3v) is 4.04. The van der Waals surface area contributed by atoms with E-state index in [4.69, 9.17) is 5.73 Å². The van der Waals surface area contributed by atoms with Gasteiger partial charge in [-0.3, -0.25) is 4.79 Å². The SMILES string of the molecule is CC(C)C(NC(=O)C1CCC(N)C1)c1ccc(F)cc1. The van der Waals surface area contributed by atoms with Crippen molar-refractivity contribution in [2.75, 3.05) is 0 Å². The van der Waals surface area contributed by atoms with Crippen molar-refractivity contribution in [1.29, 1.82) is 0 Å². The molecule has 0 saturated heterocycles. The lowest BCUT2D eigenvalue weighted by Crippen LogP contribution is -2.36. The van der Waals surface area contributed by atoms with Crippen LogP contribution in [0.4, 0.5) is 4.39 Å². The van der Waals surface area contributed by atoms with Gasteiger partial charge in [-0.1, -0.05) is 26.0 Å². The number of nitrogens with two attached hydrogens (primary N) is 1. The van der Waals surface area contributed by atoms with Crippen LogP contribution in [0, 0.1) is 17.7 Å². The molecule has 3 N–H and O–H groups in total. The van der Waals surface area contributed by atoms with E-state index in [9.17, 15) is 9.18 Å². The summed E-state index contributed by atoms with van der Waals surface area (Å²) < 4.78 is 13.0. The van der Waals surface area contributed by atoms with Gasteiger partial charge in [0.1, 0.15) is 5.82 Å². The van der Waals surface area contributed by atoms with Crippen LogP contribution in [0.3, 0.4) is 0 Å². The van der Waals surface area contributed by atoms with E-state index >= 15 is 0 Å². The van der Waals surface area contributed by atoms with Gasteiger partial charge in [-0.25, -0.2) is 4.39 Å². The average molecular weight is 278 g/mol. The molecule has 1 aliphatic carbocycles. The van der Waals surface area contributed by atoms with Crippen molar-refractivity contribution in [2.24, 2.45) is 17.6 Å². The van der Waals surface area contributed by atoms with Crippen LogP contribution in [-0.4, -0.2) is 11.9 Å². The molecule has 110 valence electrons. The maximum Gasteiger partial charge on any atom is 0.223 e. The van der Waals surface area contributed by atoms with Crippen LogP contribution in [0.25, 0.3) is 0 Å². The van der Waals surface area contributed by atoms with Gasteiger partial charge in [0.2, 0.25) is 5.91 Å². The first-order valence-corrected chi connectivity index (χ1v) is 7.28. The van der Waals surface area contributed by atoms with Crippen molar-refractivity contribution < 1.29 is 9.18 Å². The number of halogens is 1. The number of hydrogen-bond acceptors (Lipinski definition) is 2. The van der Waals surface area contributed by atoms with Crippen molar-refractivity contribution >= 4 is 5.91 Å². The van der Waals surface area contributed by atoms with Crippen molar-refractivity contribution in [2.45, 2.75) is 45.2 Å². The lowest BCUT2D eigenvalue weighted by atomic mass is 9.95. The molecule has 1 amide bonds. The maximum absolute atomic E-state index is 13.0. The number of carbonyl (C=O) groups is 1. The van der Waals surface area contributed by atoms with E-state index in [-0.39, 0.29) is 35.6 Å². The number of amides is 1. The standard InChI is InChI=1S/C16H23FN2O/c1-10(2)15(11-3-6-13(17)7-4-11)19-16(20)12-5-8-14(18)9-12/h3-4,6-7,10,12,14-15H,5,8-9,18H2,1-2H3,(H,19,20). The van der Waals surface area contributed by atoms with E-state index in [2.05, 4.69) is 19.2 Å². The normalized spacial score (nSPS) is 23.9. The van der Waals surface area contributed by atoms with Crippen LogP contribution in [0.2, 0.25) is 0 Å². The zero-order valence-corrected chi connectivity index (χ0v) is 12.1. The number of carbonyl (C=O) groups excluding carboxylic acids is 1. The van der Waals surface area contributed by atoms with E-state index in [1.165, 1.54) is 12.1 Å². The molecule has 4 heteroatoms. The Morgan fingerprint density at radius 3 is 2.45 bits per heavy atom. The highest BCUT2D eigenvalue weighted by atomic mass is 19.1. The maximum atomic E-state index is 13.0. The summed E-state index contributed by atoms with van der Waals surface area (Å²) in [5.74, 6) is 0.0801. The second-order valence-corrected chi connectivity index (χ2v) is 6.05. The molecule has 1 aromatic rings. The molecule has 2 rings (SSSR count). The Morgan fingerprint density at radius 2 is 1.95 bits per heavy atom. The predicted octanol–water partition coefficient (Wildman–Crippen LogP) is 2.77. The van der Waals surface area contributed by atoms with Crippen molar-refractivity contribution in [1.82, 2.24) is 5.32 Å². The minimum Gasteiger partial charge on any atom is -0.349 e. The van der Waals surface area contributed by atoms with Crippen LogP contribution in [-0.2, 0) is 4.79 Å². The topological polar surface area (TPSA) is 55.1 Å². The van der Waals surface area contributed by atoms with E-state index in [1.807, 2.05) is 0 Å². The fraction of sp³-hybridized carbons (Fsp3) is 0.562. The van der Waals surface area contributed by atoms with Crippen molar-refractivity contribution in [3.05, 3.63) is 35.6 Å². The molecule has 0 aromatic heterocycles. The summed E-state index contributed by atoms with van der Waals surface area (Å²) in [5.41, 5.74) is 6.80. The Morgan fingerprint density at radius 1 is 1.30 bits per heavy atom. The molecule has 1 fully saturated rings. The summed E-state index contributed by atoms with van der Waals surface area (Å²) in [4.78, 5) is 12.3. The van der Waals surface area contributed by atoms with E-state index in [0.717, 1.165) is 24.8 Å². The third-order valence-electron chi connectivity index (χ3n) is 4.04. The summed E-state index contributed by atoms with van der Waals surface area (Å²) in [6.07, 6.45) is 2.54. The molecule has 3 nitrogen and oxygen atoms in total. The Kier molecular flexibility index (Phi) is 4.76. The highest BCUT2D eigenvalue weighted by Gasteiger charge is 2.29. The summed E-state index contributed by atoms with van der Waals surface area (Å²) >= 11 is 0. The van der Waals surface area contributed by atoms with Gasteiger partial charge < -0.3 is 11.1 Å². The molecular weight excluding hydrogens is 255 g/mol. The van der Waals surface area contributed by atoms with Gasteiger partial charge in [-0.15, -0.1) is 0 Å². The second kappa shape index (κ2) is 6.35. The monoisotopic (exact) mass is 278 g/mol. The van der Waals surface area contributed by atoms with Gasteiger partial charge in [0.25, 0.3) is 0 Å². The number of hydrogen-bond donors (Lipinski definition) is 2. The van der Waals surface area contributed by atoms with Gasteiger partial charge in [0.15, 0.2) is 0 Å². The molecule has 20 heavy (non-hydrogen) atoms. The van der Waals surface area contributed by atoms with Crippen molar-refractivity contribution in [3.63, 3.8) is 0 Å². The molecule has 3 unspecified atom stereocenters. The van der Waals surface area contributed by atoms with Gasteiger partial charge in [0, 0.05) is 12.0 Å². The third kappa shape index (κ3) is 3.57. The summed E-state index contributed by atoms with van der Waals surface area (Å²) in [6, 6.07) is 6.40. The van der Waals surface area contributed by atoms with E-state index in [0.29, 0.717) is 0 Å². The molecule has 1 aromatic carbocycles. The fourth-order valence-electron chi connectivity index (χ4n) is 2.83. The molecular formula is C16H23FN2O. The first kappa shape index (κ1) is 15.0. The van der Waals surface area contributed by atoms with Crippen LogP contribution >= 0.6 is 0 Å². The van der Waals surface area contributed by atoms with E-state index in [1.54, 1.807) is 12.1 Å². The second-order valence-electron chi connectivity index (χ2n) is 6.05. The highest BCUT2D eigenvalue weighted by molar-refractivity contribution is 5.79. The molecule has 0 aliphatic heterocycles. The number of benzene rings is 1. The minimum absolute atomic E-state index is 0.0201. The molecule has 1 aliphatic rings. The van der Waals surface area contributed by atoms with Crippen molar-refractivity contribution in [3.8, 4) is 0 Å². The molecule has 0 spiro atoms. The molecule has 0 heterocycles. The van der Waals surface area contributed by atoms with Gasteiger partial charge in [0.05, 0.1) is 6.04 Å². The van der Waals surface area contributed by atoms with Gasteiger partial charge in [-0.05, 0) is 42.9 Å². The Labute approximate surface area is 119 Å². The van der Waals surface area contributed by atoms with Crippen LogP contribution < -0.4 is 11.1 Å². The molecule has 3 atom stereocenters. The summed E-state index contributed by atoms with van der Waals surface area (Å²) in [6.45, 7) is 4.10. The quantitative estimate of drug-likeness (QED) is 0.889. The zero-order valence-electron chi connectivity index (χ0n) is 12.1. The Balaban J connectivity index is 2.06. The number of nitrogens with one attached hydrogen (secondary N) is 1. The highest BCUT2D eigenvalue weighted by Crippen LogP contribution is 2.27. The zero-order chi connectivity index (χ0) is 14.7. The first-order chi connectivity index (χ1) is 9.47. The lowest BCUT2D eigenvalue weighted by Gasteiger charge is -2.24. The summed E-state index contributed by atoms with van der Waals surface area (Å²) in [7, 11) is 0. The van der Waals surface area contributed by atoms with Crippen LogP contribution in [0.1, 0.15) is 44.7 Å². The summed E-state index contributed by atoms with van der Waals surface area (Å²) in [5, 5.41) is 3.10. The number of rotatable bonds is 4. The Hall–Kier alpha value is -1.42. The van der Waals surface area contributed by atoms with Crippen LogP contribution in [0.15, 0.2) is 24.3 Å². The first-order valence-electron chi connectivity index (χ1n) is 7.28. The molecule has 0 radical (unpaired) electrons. The van der Waals surface area contributed by atoms with Gasteiger partial charge >= 0.3 is 0 Å². The largest absolute Gasteiger partial charge is 0.349 e. The minimum atomic E-state index is -0.260. The fourth-order valence-corrected chi connectivity index (χ4v) is 2.83. The average Bonchev–Trinajstić information content (AvgIpc) is 2.83. The van der Waals surface area contributed by atoms with Crippen LogP contribution in [0.5, 0.6) is 0 Å². The Bertz CT molecular complexity index is 458. The van der Waals surface area contributed by atoms with E-state index < -0.39 is 0 Å². The molecule has 1 saturated carbocycles. The predicted molar refractivity (Wildman–Crippen MR) is 77.4 cm³/mol. The lowest BCUT2D eigenvalue weighted by molar-refractivity contribution is -0.125. The smallest absolute Gasteiger partial charge is 0.223 e.